The summed E-state index contributed by atoms with van der Waals surface area (Å²) in [5, 5.41) is 2.25. The smallest absolute Gasteiger partial charge is 0.178 e. The SMILES string of the molecule is CC(C)N1CCOc2c(F)cc(-c3nc(Cc4ccc5cc(N(C)C)ccc5c4)ncc3F)cc21. The van der Waals surface area contributed by atoms with Crippen molar-refractivity contribution in [3.05, 3.63) is 77.8 Å². The van der Waals surface area contributed by atoms with E-state index in [9.17, 15) is 8.78 Å². The number of benzene rings is 3. The summed E-state index contributed by atoms with van der Waals surface area (Å²) in [5.74, 6) is -0.428. The van der Waals surface area contributed by atoms with Gasteiger partial charge in [-0.15, -0.1) is 0 Å². The van der Waals surface area contributed by atoms with E-state index in [-0.39, 0.29) is 17.5 Å². The highest BCUT2D eigenvalue weighted by Gasteiger charge is 2.25. The summed E-state index contributed by atoms with van der Waals surface area (Å²) in [4.78, 5) is 12.8. The molecule has 0 fully saturated rings. The molecular formula is C28H28F2N4O. The van der Waals surface area contributed by atoms with E-state index in [0.29, 0.717) is 36.6 Å². The van der Waals surface area contributed by atoms with Crippen LogP contribution in [0.5, 0.6) is 5.75 Å². The minimum Gasteiger partial charge on any atom is -0.486 e. The molecule has 0 bridgehead atoms. The monoisotopic (exact) mass is 474 g/mol. The van der Waals surface area contributed by atoms with Crippen LogP contribution in [0.25, 0.3) is 22.0 Å². The molecule has 0 radical (unpaired) electrons. The summed E-state index contributed by atoms with van der Waals surface area (Å²) in [6.45, 7) is 5.13. The van der Waals surface area contributed by atoms with Gasteiger partial charge in [-0.3, -0.25) is 0 Å². The first-order valence-corrected chi connectivity index (χ1v) is 11.7. The third kappa shape index (κ3) is 4.50. The molecule has 35 heavy (non-hydrogen) atoms. The minimum atomic E-state index is -0.587. The third-order valence-electron chi connectivity index (χ3n) is 6.37. The van der Waals surface area contributed by atoms with Gasteiger partial charge in [-0.05, 0) is 54.4 Å². The maximum atomic E-state index is 14.9. The molecule has 0 unspecified atom stereocenters. The van der Waals surface area contributed by atoms with Crippen LogP contribution in [0.15, 0.2) is 54.7 Å². The lowest BCUT2D eigenvalue weighted by molar-refractivity contribution is 0.287. The van der Waals surface area contributed by atoms with Crippen molar-refractivity contribution in [2.45, 2.75) is 26.3 Å². The van der Waals surface area contributed by atoms with Crippen molar-refractivity contribution in [2.75, 3.05) is 37.0 Å². The largest absolute Gasteiger partial charge is 0.486 e. The Kier molecular flexibility index (Phi) is 6.01. The predicted octanol–water partition coefficient (Wildman–Crippen LogP) is 5.84. The normalized spacial score (nSPS) is 13.2. The summed E-state index contributed by atoms with van der Waals surface area (Å²) in [7, 11) is 4.03. The van der Waals surface area contributed by atoms with Crippen molar-refractivity contribution >= 4 is 22.1 Å². The summed E-state index contributed by atoms with van der Waals surface area (Å²) in [5.41, 5.74) is 3.22. The van der Waals surface area contributed by atoms with Gasteiger partial charge in [0.1, 0.15) is 18.1 Å². The molecule has 0 spiro atoms. The number of ether oxygens (including phenoxy) is 1. The van der Waals surface area contributed by atoms with Gasteiger partial charge in [-0.1, -0.05) is 24.3 Å². The molecule has 3 aromatic carbocycles. The number of fused-ring (bicyclic) bond motifs is 2. The van der Waals surface area contributed by atoms with E-state index >= 15 is 0 Å². The Hall–Kier alpha value is -3.74. The lowest BCUT2D eigenvalue weighted by Crippen LogP contribution is -2.38. The van der Waals surface area contributed by atoms with E-state index in [0.717, 1.165) is 28.2 Å². The van der Waals surface area contributed by atoms with Crippen molar-refractivity contribution in [3.8, 4) is 17.0 Å². The van der Waals surface area contributed by atoms with E-state index < -0.39 is 11.6 Å². The summed E-state index contributed by atoms with van der Waals surface area (Å²) < 4.78 is 35.3. The fraction of sp³-hybridized carbons (Fsp3) is 0.286. The highest BCUT2D eigenvalue weighted by molar-refractivity contribution is 5.86. The predicted molar refractivity (Wildman–Crippen MR) is 136 cm³/mol. The van der Waals surface area contributed by atoms with Crippen LogP contribution in [0.2, 0.25) is 0 Å². The Labute approximate surface area is 204 Å². The van der Waals surface area contributed by atoms with E-state index in [4.69, 9.17) is 4.74 Å². The Morgan fingerprint density at radius 3 is 2.54 bits per heavy atom. The van der Waals surface area contributed by atoms with Crippen molar-refractivity contribution in [1.82, 2.24) is 9.97 Å². The zero-order valence-electron chi connectivity index (χ0n) is 20.3. The molecule has 0 aliphatic carbocycles. The van der Waals surface area contributed by atoms with Crippen molar-refractivity contribution in [3.63, 3.8) is 0 Å². The number of rotatable bonds is 5. The molecule has 1 aromatic heterocycles. The van der Waals surface area contributed by atoms with E-state index in [1.165, 1.54) is 6.07 Å². The maximum Gasteiger partial charge on any atom is 0.178 e. The highest BCUT2D eigenvalue weighted by atomic mass is 19.1. The molecule has 180 valence electrons. The van der Waals surface area contributed by atoms with Gasteiger partial charge in [-0.2, -0.15) is 0 Å². The number of halogens is 2. The second-order valence-electron chi connectivity index (χ2n) is 9.36. The molecule has 2 heterocycles. The van der Waals surface area contributed by atoms with Gasteiger partial charge >= 0.3 is 0 Å². The molecule has 0 saturated heterocycles. The number of nitrogens with zero attached hydrogens (tertiary/aromatic N) is 4. The zero-order valence-corrected chi connectivity index (χ0v) is 20.3. The molecule has 0 saturated carbocycles. The fourth-order valence-electron chi connectivity index (χ4n) is 4.52. The van der Waals surface area contributed by atoms with E-state index in [1.54, 1.807) is 6.07 Å². The van der Waals surface area contributed by atoms with Crippen molar-refractivity contribution in [1.29, 1.82) is 0 Å². The summed E-state index contributed by atoms with van der Waals surface area (Å²) >= 11 is 0. The van der Waals surface area contributed by atoms with Gasteiger partial charge in [0.05, 0.1) is 18.4 Å². The molecular weight excluding hydrogens is 446 g/mol. The zero-order chi connectivity index (χ0) is 24.7. The molecule has 0 amide bonds. The number of hydrogen-bond donors (Lipinski definition) is 0. The Bertz CT molecular complexity index is 1400. The van der Waals surface area contributed by atoms with Gasteiger partial charge in [0.15, 0.2) is 17.4 Å². The van der Waals surface area contributed by atoms with E-state index in [1.807, 2.05) is 34.0 Å². The minimum absolute atomic E-state index is 0.0855. The van der Waals surface area contributed by atoms with Gasteiger partial charge in [0.25, 0.3) is 0 Å². The Morgan fingerprint density at radius 2 is 1.77 bits per heavy atom. The molecule has 0 atom stereocenters. The average Bonchev–Trinajstić information content (AvgIpc) is 2.84. The van der Waals surface area contributed by atoms with Crippen LogP contribution in [0, 0.1) is 11.6 Å². The molecule has 4 aromatic rings. The topological polar surface area (TPSA) is 41.5 Å². The number of anilines is 2. The first kappa shape index (κ1) is 23.0. The molecule has 5 rings (SSSR count). The summed E-state index contributed by atoms with van der Waals surface area (Å²) in [6.07, 6.45) is 1.60. The van der Waals surface area contributed by atoms with Crippen LogP contribution in [-0.2, 0) is 6.42 Å². The van der Waals surface area contributed by atoms with Crippen LogP contribution in [0.3, 0.4) is 0 Å². The van der Waals surface area contributed by atoms with Gasteiger partial charge in [-0.25, -0.2) is 18.7 Å². The molecule has 1 aliphatic heterocycles. The Balaban J connectivity index is 1.48. The second kappa shape index (κ2) is 9.13. The molecule has 7 heteroatoms. The van der Waals surface area contributed by atoms with Crippen molar-refractivity contribution < 1.29 is 13.5 Å². The molecule has 1 aliphatic rings. The van der Waals surface area contributed by atoms with Crippen LogP contribution in [-0.4, -0.2) is 43.3 Å². The second-order valence-corrected chi connectivity index (χ2v) is 9.36. The quantitative estimate of drug-likeness (QED) is 0.364. The molecule has 5 nitrogen and oxygen atoms in total. The fourth-order valence-corrected chi connectivity index (χ4v) is 4.52. The maximum absolute atomic E-state index is 14.9. The summed E-state index contributed by atoms with van der Waals surface area (Å²) in [6, 6.07) is 15.7. The first-order chi connectivity index (χ1) is 16.8. The number of aromatic nitrogens is 2. The van der Waals surface area contributed by atoms with Crippen LogP contribution < -0.4 is 14.5 Å². The van der Waals surface area contributed by atoms with Crippen LogP contribution >= 0.6 is 0 Å². The van der Waals surface area contributed by atoms with Gasteiger partial charge in [0.2, 0.25) is 0 Å². The lowest BCUT2D eigenvalue weighted by atomic mass is 10.0. The average molecular weight is 475 g/mol. The standard InChI is InChI=1S/C28H28F2N4O/c1-17(2)34-9-10-35-28-23(29)14-21(15-25(28)34)27-24(30)16-31-26(32-27)12-18-5-6-20-13-22(33(3)4)8-7-19(20)11-18/h5-8,11,13-17H,9-10,12H2,1-4H3. The Morgan fingerprint density at radius 1 is 1.00 bits per heavy atom. The number of hydrogen-bond acceptors (Lipinski definition) is 5. The third-order valence-corrected chi connectivity index (χ3v) is 6.37. The van der Waals surface area contributed by atoms with E-state index in [2.05, 4.69) is 50.1 Å². The first-order valence-electron chi connectivity index (χ1n) is 11.7. The molecule has 0 N–H and O–H groups in total. The lowest BCUT2D eigenvalue weighted by Gasteiger charge is -2.34. The van der Waals surface area contributed by atoms with Crippen molar-refractivity contribution in [2.24, 2.45) is 0 Å². The van der Waals surface area contributed by atoms with Gasteiger partial charge in [0, 0.05) is 37.8 Å². The van der Waals surface area contributed by atoms with Crippen LogP contribution in [0.1, 0.15) is 25.2 Å². The van der Waals surface area contributed by atoms with Gasteiger partial charge < -0.3 is 14.5 Å². The van der Waals surface area contributed by atoms with Crippen LogP contribution in [0.4, 0.5) is 20.2 Å². The highest BCUT2D eigenvalue weighted by Crippen LogP contribution is 2.39.